The Morgan fingerprint density at radius 3 is 2.02 bits per heavy atom. The molecule has 2 aromatic carbocycles. The largest absolute Gasteiger partial charge is 0.407 e. The first-order valence-corrected chi connectivity index (χ1v) is 19.4. The predicted molar refractivity (Wildman–Crippen MR) is 187 cm³/mol. The Balaban J connectivity index is 1.52. The van der Waals surface area contributed by atoms with Gasteiger partial charge in [0.1, 0.15) is 11.7 Å². The van der Waals surface area contributed by atoms with Crippen molar-refractivity contribution in [3.05, 3.63) is 78.5 Å². The van der Waals surface area contributed by atoms with Crippen molar-refractivity contribution in [2.45, 2.75) is 99.3 Å². The molecule has 1 aliphatic rings. The van der Waals surface area contributed by atoms with E-state index in [1.165, 1.54) is 72.9 Å². The molecule has 2 unspecified atom stereocenters. The Hall–Kier alpha value is -3.77. The number of rotatable bonds is 12. The third-order valence-electron chi connectivity index (χ3n) is 8.06. The van der Waals surface area contributed by atoms with Crippen molar-refractivity contribution in [3.8, 4) is 11.1 Å². The van der Waals surface area contributed by atoms with Crippen molar-refractivity contribution in [3.63, 3.8) is 0 Å². The van der Waals surface area contributed by atoms with Crippen LogP contribution in [0.2, 0.25) is 0 Å². The summed E-state index contributed by atoms with van der Waals surface area (Å²) in [6.07, 6.45) is -4.16. The molecule has 4 rings (SSSR count). The highest BCUT2D eigenvalue weighted by molar-refractivity contribution is 7.89. The molecule has 0 saturated carbocycles. The number of sulfonamides is 2. The Labute approximate surface area is 301 Å². The van der Waals surface area contributed by atoms with E-state index in [9.17, 15) is 44.0 Å². The van der Waals surface area contributed by atoms with Crippen LogP contribution in [0.15, 0.2) is 82.8 Å². The molecule has 1 aromatic heterocycles. The average Bonchev–Trinajstić information content (AvgIpc) is 3.22. The molecule has 1 aliphatic heterocycles. The van der Waals surface area contributed by atoms with E-state index in [1.807, 2.05) is 0 Å². The summed E-state index contributed by atoms with van der Waals surface area (Å²) in [6.45, 7) is 6.66. The zero-order valence-electron chi connectivity index (χ0n) is 29.4. The van der Waals surface area contributed by atoms with Crippen molar-refractivity contribution in [2.24, 2.45) is 0 Å². The van der Waals surface area contributed by atoms with E-state index in [0.29, 0.717) is 11.1 Å². The second-order valence-electron chi connectivity index (χ2n) is 14.3. The summed E-state index contributed by atoms with van der Waals surface area (Å²) in [5.74, 6) is -1.73. The summed E-state index contributed by atoms with van der Waals surface area (Å²) in [4.78, 5) is 30.5. The van der Waals surface area contributed by atoms with Crippen LogP contribution < -0.4 is 15.4 Å². The number of halogens is 4. The van der Waals surface area contributed by atoms with Gasteiger partial charge in [-0.2, -0.15) is 17.5 Å². The number of ketones is 1. The molecule has 52 heavy (non-hydrogen) atoms. The predicted octanol–water partition coefficient (Wildman–Crippen LogP) is 5.06. The van der Waals surface area contributed by atoms with Gasteiger partial charge in [0.2, 0.25) is 15.9 Å². The van der Waals surface area contributed by atoms with Gasteiger partial charge in [-0.15, -0.1) is 0 Å². The summed E-state index contributed by atoms with van der Waals surface area (Å²) < 4.78 is 114. The number of hydrogen-bond acceptors (Lipinski definition) is 8. The molecular formula is C35H43F4N5O6S2. The third kappa shape index (κ3) is 10.9. The number of nitrogens with one attached hydrogen (secondary N) is 3. The maximum atomic E-state index is 14.9. The lowest BCUT2D eigenvalue weighted by Gasteiger charge is -2.31. The van der Waals surface area contributed by atoms with E-state index in [4.69, 9.17) is 0 Å². The average molecular weight is 770 g/mol. The molecule has 11 nitrogen and oxygen atoms in total. The number of pyridine rings is 1. The number of alkyl halides is 4. The van der Waals surface area contributed by atoms with Crippen LogP contribution in [0.1, 0.15) is 65.5 Å². The number of carbonyl (C=O) groups excluding carboxylic acids is 2. The van der Waals surface area contributed by atoms with Gasteiger partial charge in [-0.05, 0) is 88.4 Å². The summed E-state index contributed by atoms with van der Waals surface area (Å²) in [6, 6.07) is 9.95. The second kappa shape index (κ2) is 15.7. The van der Waals surface area contributed by atoms with E-state index in [2.05, 4.69) is 20.3 Å². The van der Waals surface area contributed by atoms with E-state index >= 15 is 0 Å². The Bertz CT molecular complexity index is 1930. The van der Waals surface area contributed by atoms with Crippen molar-refractivity contribution >= 4 is 31.7 Å². The Kier molecular flexibility index (Phi) is 12.4. The number of benzene rings is 2. The van der Waals surface area contributed by atoms with Crippen molar-refractivity contribution in [1.82, 2.24) is 24.6 Å². The lowest BCUT2D eigenvalue weighted by atomic mass is 9.96. The molecule has 3 aromatic rings. The lowest BCUT2D eigenvalue weighted by molar-refractivity contribution is -0.161. The number of Topliss-reactive ketones (excluding diaryl/α,β-unsaturated/α-hetero) is 1. The van der Waals surface area contributed by atoms with Gasteiger partial charge < -0.3 is 5.32 Å². The van der Waals surface area contributed by atoms with Gasteiger partial charge in [-0.3, -0.25) is 14.9 Å². The SMILES string of the molecule is CC(C)(F)CC(N[C@@H](c1ccc(-c2ccc(S(=O)(=O)NC(C)(C)C)cc2)cc1)C(F)(F)F)C(=O)NC1CCCN(S(=O)(=O)c2ccccn2)CC1=O. The van der Waals surface area contributed by atoms with Crippen molar-refractivity contribution in [1.29, 1.82) is 0 Å². The fourth-order valence-corrected chi connectivity index (χ4v) is 8.50. The Morgan fingerprint density at radius 1 is 0.904 bits per heavy atom. The smallest absolute Gasteiger partial charge is 0.345 e. The van der Waals surface area contributed by atoms with Crippen LogP contribution in [0, 0.1) is 0 Å². The Morgan fingerprint density at radius 2 is 1.50 bits per heavy atom. The van der Waals surface area contributed by atoms with Crippen LogP contribution in [0.25, 0.3) is 11.1 Å². The minimum absolute atomic E-state index is 0.00865. The van der Waals surface area contributed by atoms with E-state index in [0.717, 1.165) is 18.2 Å². The zero-order chi connectivity index (χ0) is 38.7. The van der Waals surface area contributed by atoms with Crippen LogP contribution in [-0.4, -0.2) is 80.4 Å². The molecule has 0 radical (unpaired) electrons. The second-order valence-corrected chi connectivity index (χ2v) is 17.9. The first-order chi connectivity index (χ1) is 24.0. The fraction of sp³-hybridized carbons (Fsp3) is 0.457. The molecule has 1 fully saturated rings. The first-order valence-electron chi connectivity index (χ1n) is 16.5. The highest BCUT2D eigenvalue weighted by atomic mass is 32.2. The summed E-state index contributed by atoms with van der Waals surface area (Å²) in [5.41, 5.74) is -2.06. The molecule has 3 N–H and O–H groups in total. The first kappa shape index (κ1) is 41.0. The van der Waals surface area contributed by atoms with Crippen LogP contribution in [0.3, 0.4) is 0 Å². The monoisotopic (exact) mass is 769 g/mol. The fourth-order valence-electron chi connectivity index (χ4n) is 5.71. The lowest BCUT2D eigenvalue weighted by Crippen LogP contribution is -2.54. The van der Waals surface area contributed by atoms with Crippen LogP contribution in [0.4, 0.5) is 17.6 Å². The van der Waals surface area contributed by atoms with E-state index in [-0.39, 0.29) is 34.9 Å². The minimum atomic E-state index is -4.94. The molecule has 3 atom stereocenters. The summed E-state index contributed by atoms with van der Waals surface area (Å²) in [5, 5.41) is 4.45. The molecule has 2 heterocycles. The topological polar surface area (TPSA) is 155 Å². The molecule has 284 valence electrons. The van der Waals surface area contributed by atoms with Crippen LogP contribution >= 0.6 is 0 Å². The van der Waals surface area contributed by atoms with Gasteiger partial charge >= 0.3 is 6.18 Å². The molecule has 1 saturated heterocycles. The molecule has 1 amide bonds. The number of aromatic nitrogens is 1. The van der Waals surface area contributed by atoms with Crippen LogP contribution in [0.5, 0.6) is 0 Å². The molecule has 17 heteroatoms. The maximum absolute atomic E-state index is 14.9. The zero-order valence-corrected chi connectivity index (χ0v) is 31.0. The maximum Gasteiger partial charge on any atom is 0.407 e. The molecule has 0 aliphatic carbocycles. The van der Waals surface area contributed by atoms with Crippen molar-refractivity contribution < 1.29 is 44.0 Å². The quantitative estimate of drug-likeness (QED) is 0.216. The number of hydrogen-bond donors (Lipinski definition) is 3. The minimum Gasteiger partial charge on any atom is -0.345 e. The summed E-state index contributed by atoms with van der Waals surface area (Å²) >= 11 is 0. The summed E-state index contributed by atoms with van der Waals surface area (Å²) in [7, 11) is -7.94. The molecule has 0 spiro atoms. The van der Waals surface area contributed by atoms with Gasteiger partial charge in [0, 0.05) is 24.7 Å². The van der Waals surface area contributed by atoms with E-state index in [1.54, 1.807) is 20.8 Å². The number of nitrogens with zero attached hydrogens (tertiary/aromatic N) is 2. The standard InChI is InChI=1S/C35H43F4N5O6S2/c1-33(2,3)43-51(47,48)26-17-15-24(16-18-26)23-11-13-25(14-12-23)31(35(37,38)39)41-28(21-34(4,5)36)32(46)42-27-9-8-20-44(22-29(27)45)52(49,50)30-10-6-7-19-40-30/h6-7,10-19,27-28,31,41,43H,8-9,20-22H2,1-5H3,(H,42,46)/t27?,28?,31-/m0/s1. The van der Waals surface area contributed by atoms with E-state index < -0.39 is 80.2 Å². The van der Waals surface area contributed by atoms with Crippen molar-refractivity contribution in [2.75, 3.05) is 13.1 Å². The normalized spacial score (nSPS) is 18.0. The van der Waals surface area contributed by atoms with Gasteiger partial charge in [-0.1, -0.05) is 42.5 Å². The number of amides is 1. The highest BCUT2D eigenvalue weighted by Gasteiger charge is 2.44. The molecule has 0 bridgehead atoms. The van der Waals surface area contributed by atoms with Gasteiger partial charge in [0.15, 0.2) is 10.8 Å². The van der Waals surface area contributed by atoms with Gasteiger partial charge in [0.25, 0.3) is 10.0 Å². The van der Waals surface area contributed by atoms with Gasteiger partial charge in [0.05, 0.1) is 23.5 Å². The third-order valence-corrected chi connectivity index (χ3v) is 11.6. The van der Waals surface area contributed by atoms with Gasteiger partial charge in [-0.25, -0.2) is 30.9 Å². The molecular weight excluding hydrogens is 727 g/mol. The number of carbonyl (C=O) groups is 2. The van der Waals surface area contributed by atoms with Crippen LogP contribution in [-0.2, 0) is 29.6 Å². The highest BCUT2D eigenvalue weighted by Crippen LogP contribution is 2.35.